The van der Waals surface area contributed by atoms with E-state index in [4.69, 9.17) is 9.47 Å². The molecule has 3 N–H and O–H groups in total. The van der Waals surface area contributed by atoms with Gasteiger partial charge in [-0.05, 0) is 30.0 Å². The molecule has 1 aromatic heterocycles. The lowest BCUT2D eigenvalue weighted by Gasteiger charge is -2.23. The van der Waals surface area contributed by atoms with E-state index in [1.807, 2.05) is 12.1 Å². The summed E-state index contributed by atoms with van der Waals surface area (Å²) in [5, 5.41) is 8.16. The van der Waals surface area contributed by atoms with E-state index >= 15 is 0 Å². The lowest BCUT2D eigenvalue weighted by molar-refractivity contribution is -0.134. The molecule has 2 aromatic rings. The van der Waals surface area contributed by atoms with Gasteiger partial charge in [-0.25, -0.2) is 4.98 Å². The highest BCUT2D eigenvalue weighted by molar-refractivity contribution is 6.03. The number of amides is 3. The zero-order valence-corrected chi connectivity index (χ0v) is 17.6. The van der Waals surface area contributed by atoms with Crippen molar-refractivity contribution >= 4 is 17.7 Å². The van der Waals surface area contributed by atoms with Gasteiger partial charge in [-0.15, -0.1) is 0 Å². The number of ether oxygens (including phenoxy) is 2. The van der Waals surface area contributed by atoms with Crippen molar-refractivity contribution in [1.29, 1.82) is 0 Å². The first-order valence-corrected chi connectivity index (χ1v) is 10.7. The minimum Gasteiger partial charge on any atom is -0.473 e. The van der Waals surface area contributed by atoms with Gasteiger partial charge in [0.1, 0.15) is 18.3 Å². The molecule has 9 nitrogen and oxygen atoms in total. The van der Waals surface area contributed by atoms with Crippen LogP contribution in [0, 0.1) is 0 Å². The van der Waals surface area contributed by atoms with Gasteiger partial charge >= 0.3 is 0 Å². The highest BCUT2D eigenvalue weighted by atomic mass is 16.5. The molecular formula is C23H26N4O5. The normalized spacial score (nSPS) is 21.0. The third-order valence-corrected chi connectivity index (χ3v) is 5.38. The molecule has 0 bridgehead atoms. The Morgan fingerprint density at radius 1 is 1.16 bits per heavy atom. The number of aromatic nitrogens is 1. The van der Waals surface area contributed by atoms with Crippen molar-refractivity contribution in [2.45, 2.75) is 38.0 Å². The van der Waals surface area contributed by atoms with Gasteiger partial charge in [0.15, 0.2) is 0 Å². The molecule has 3 heterocycles. The predicted molar refractivity (Wildman–Crippen MR) is 115 cm³/mol. The molecule has 0 radical (unpaired) electrons. The number of carbonyl (C=O) groups is 3. The average Bonchev–Trinajstić information content (AvgIpc) is 2.81. The Kier molecular flexibility index (Phi) is 7.08. The molecule has 2 fully saturated rings. The number of pyridine rings is 1. The molecule has 2 saturated heterocycles. The zero-order chi connectivity index (χ0) is 22.3. The SMILES string of the molecule is O=C1CCC(NC(=O)c2cccc(OCc3ccc(CC4CNCCO4)cc3)n2)C(=O)N1. The number of nitrogens with one attached hydrogen (secondary N) is 3. The fraction of sp³-hybridized carbons (Fsp3) is 0.391. The summed E-state index contributed by atoms with van der Waals surface area (Å²) in [5.41, 5.74) is 2.33. The van der Waals surface area contributed by atoms with Crippen LogP contribution in [0.25, 0.3) is 0 Å². The first kappa shape index (κ1) is 21.9. The fourth-order valence-corrected chi connectivity index (χ4v) is 3.63. The Bertz CT molecular complexity index is 973. The van der Waals surface area contributed by atoms with E-state index in [0.717, 1.165) is 31.7 Å². The van der Waals surface area contributed by atoms with E-state index < -0.39 is 17.9 Å². The van der Waals surface area contributed by atoms with Gasteiger partial charge in [0, 0.05) is 25.6 Å². The molecule has 2 atom stereocenters. The third kappa shape index (κ3) is 5.89. The summed E-state index contributed by atoms with van der Waals surface area (Å²) in [4.78, 5) is 39.8. The number of hydrogen-bond donors (Lipinski definition) is 3. The molecule has 2 aliphatic rings. The Balaban J connectivity index is 1.29. The van der Waals surface area contributed by atoms with Crippen LogP contribution in [0.5, 0.6) is 5.88 Å². The van der Waals surface area contributed by atoms with Crippen LogP contribution in [0.4, 0.5) is 0 Å². The predicted octanol–water partition coefficient (Wildman–Crippen LogP) is 0.727. The quantitative estimate of drug-likeness (QED) is 0.545. The molecule has 0 spiro atoms. The smallest absolute Gasteiger partial charge is 0.270 e. The summed E-state index contributed by atoms with van der Waals surface area (Å²) in [5.74, 6) is -1.02. The van der Waals surface area contributed by atoms with Crippen molar-refractivity contribution in [1.82, 2.24) is 20.9 Å². The zero-order valence-electron chi connectivity index (χ0n) is 17.6. The molecule has 2 aliphatic heterocycles. The minimum atomic E-state index is -0.750. The molecule has 9 heteroatoms. The van der Waals surface area contributed by atoms with Crippen molar-refractivity contribution in [3.05, 3.63) is 59.3 Å². The number of imide groups is 1. The number of hydrogen-bond acceptors (Lipinski definition) is 7. The number of morpholine rings is 1. The van der Waals surface area contributed by atoms with Gasteiger partial charge in [0.25, 0.3) is 5.91 Å². The van der Waals surface area contributed by atoms with Crippen molar-refractivity contribution in [3.8, 4) is 5.88 Å². The van der Waals surface area contributed by atoms with Crippen LogP contribution >= 0.6 is 0 Å². The topological polar surface area (TPSA) is 119 Å². The van der Waals surface area contributed by atoms with Crippen LogP contribution in [0.15, 0.2) is 42.5 Å². The van der Waals surface area contributed by atoms with E-state index in [1.165, 1.54) is 5.56 Å². The minimum absolute atomic E-state index is 0.142. The van der Waals surface area contributed by atoms with E-state index in [2.05, 4.69) is 33.1 Å². The molecule has 2 unspecified atom stereocenters. The lowest BCUT2D eigenvalue weighted by atomic mass is 10.1. The summed E-state index contributed by atoms with van der Waals surface area (Å²) in [6.45, 7) is 2.83. The number of carbonyl (C=O) groups excluding carboxylic acids is 3. The first-order valence-electron chi connectivity index (χ1n) is 10.7. The van der Waals surface area contributed by atoms with Gasteiger partial charge in [0.2, 0.25) is 17.7 Å². The van der Waals surface area contributed by atoms with Crippen molar-refractivity contribution in [2.75, 3.05) is 19.7 Å². The molecule has 32 heavy (non-hydrogen) atoms. The Morgan fingerprint density at radius 2 is 1.97 bits per heavy atom. The van der Waals surface area contributed by atoms with Crippen LogP contribution < -0.4 is 20.7 Å². The second-order valence-corrected chi connectivity index (χ2v) is 7.84. The summed E-state index contributed by atoms with van der Waals surface area (Å²) in [6, 6.07) is 12.3. The fourth-order valence-electron chi connectivity index (χ4n) is 3.63. The second kappa shape index (κ2) is 10.3. The second-order valence-electron chi connectivity index (χ2n) is 7.84. The van der Waals surface area contributed by atoms with E-state index in [1.54, 1.807) is 18.2 Å². The molecule has 168 valence electrons. The maximum atomic E-state index is 12.5. The monoisotopic (exact) mass is 438 g/mol. The van der Waals surface area contributed by atoms with Crippen molar-refractivity contribution in [2.24, 2.45) is 0 Å². The summed E-state index contributed by atoms with van der Waals surface area (Å²) in [7, 11) is 0. The Labute approximate surface area is 185 Å². The number of benzene rings is 1. The molecule has 0 aliphatic carbocycles. The molecule has 0 saturated carbocycles. The number of rotatable bonds is 7. The first-order chi connectivity index (χ1) is 15.6. The highest BCUT2D eigenvalue weighted by Gasteiger charge is 2.28. The Morgan fingerprint density at radius 3 is 2.72 bits per heavy atom. The summed E-state index contributed by atoms with van der Waals surface area (Å²) in [6.07, 6.45) is 1.52. The van der Waals surface area contributed by atoms with Gasteiger partial charge < -0.3 is 20.1 Å². The van der Waals surface area contributed by atoms with Gasteiger partial charge in [-0.1, -0.05) is 30.3 Å². The highest BCUT2D eigenvalue weighted by Crippen LogP contribution is 2.14. The average molecular weight is 438 g/mol. The molecule has 4 rings (SSSR count). The van der Waals surface area contributed by atoms with Gasteiger partial charge in [-0.2, -0.15) is 0 Å². The van der Waals surface area contributed by atoms with Gasteiger partial charge in [-0.3, -0.25) is 19.7 Å². The van der Waals surface area contributed by atoms with Crippen LogP contribution in [0.1, 0.15) is 34.5 Å². The number of nitrogens with zero attached hydrogens (tertiary/aromatic N) is 1. The van der Waals surface area contributed by atoms with Crippen LogP contribution in [0.3, 0.4) is 0 Å². The molecular weight excluding hydrogens is 412 g/mol. The van der Waals surface area contributed by atoms with Crippen molar-refractivity contribution in [3.63, 3.8) is 0 Å². The largest absolute Gasteiger partial charge is 0.473 e. The van der Waals surface area contributed by atoms with Crippen LogP contribution in [0.2, 0.25) is 0 Å². The number of piperidine rings is 1. The van der Waals surface area contributed by atoms with E-state index in [0.29, 0.717) is 12.5 Å². The van der Waals surface area contributed by atoms with Gasteiger partial charge in [0.05, 0.1) is 12.7 Å². The maximum Gasteiger partial charge on any atom is 0.270 e. The molecule has 3 amide bonds. The Hall–Kier alpha value is -3.30. The third-order valence-electron chi connectivity index (χ3n) is 5.38. The standard InChI is InChI=1S/C23H26N4O5/c28-20-9-8-19(23(30)27-20)26-22(29)18-2-1-3-21(25-18)32-14-16-6-4-15(5-7-16)12-17-13-24-10-11-31-17/h1-7,17,19,24H,8-14H2,(H,26,29)(H,27,28,30). The molecule has 1 aromatic carbocycles. The summed E-state index contributed by atoms with van der Waals surface area (Å²) >= 11 is 0. The summed E-state index contributed by atoms with van der Waals surface area (Å²) < 4.78 is 11.5. The van der Waals surface area contributed by atoms with Crippen LogP contribution in [-0.4, -0.2) is 54.5 Å². The van der Waals surface area contributed by atoms with E-state index in [9.17, 15) is 14.4 Å². The van der Waals surface area contributed by atoms with Crippen molar-refractivity contribution < 1.29 is 23.9 Å². The van der Waals surface area contributed by atoms with E-state index in [-0.39, 0.29) is 30.5 Å². The lowest BCUT2D eigenvalue weighted by Crippen LogP contribution is -2.52. The maximum absolute atomic E-state index is 12.5. The van der Waals surface area contributed by atoms with Crippen LogP contribution in [-0.2, 0) is 27.4 Å².